The van der Waals surface area contributed by atoms with Gasteiger partial charge in [0.15, 0.2) is 11.5 Å². The molecular formula is C14H22ClNO2. The smallest absolute Gasteiger partial charge is 0.165 e. The van der Waals surface area contributed by atoms with Gasteiger partial charge in [-0.05, 0) is 24.9 Å². The van der Waals surface area contributed by atoms with E-state index in [1.165, 1.54) is 0 Å². The van der Waals surface area contributed by atoms with Crippen molar-refractivity contribution in [1.82, 2.24) is 5.32 Å². The number of nitrogens with one attached hydrogen (secondary N) is 1. The highest BCUT2D eigenvalue weighted by molar-refractivity contribution is 6.30. The zero-order valence-electron chi connectivity index (χ0n) is 11.5. The van der Waals surface area contributed by atoms with Crippen molar-refractivity contribution >= 4 is 11.6 Å². The highest BCUT2D eigenvalue weighted by Gasteiger charge is 2.11. The summed E-state index contributed by atoms with van der Waals surface area (Å²) < 4.78 is 10.6. The van der Waals surface area contributed by atoms with E-state index in [1.54, 1.807) is 20.3 Å². The molecule has 0 fully saturated rings. The van der Waals surface area contributed by atoms with Crippen molar-refractivity contribution in [3.8, 4) is 11.5 Å². The van der Waals surface area contributed by atoms with Crippen LogP contribution in [0, 0.1) is 5.92 Å². The average molecular weight is 272 g/mol. The van der Waals surface area contributed by atoms with Gasteiger partial charge in [0, 0.05) is 23.2 Å². The van der Waals surface area contributed by atoms with Gasteiger partial charge in [-0.1, -0.05) is 25.4 Å². The Kier molecular flexibility index (Phi) is 6.30. The molecule has 0 saturated carbocycles. The third-order valence-corrected chi connectivity index (χ3v) is 2.95. The summed E-state index contributed by atoms with van der Waals surface area (Å²) in [6.07, 6.45) is 1.15. The van der Waals surface area contributed by atoms with Gasteiger partial charge in [0.25, 0.3) is 0 Å². The van der Waals surface area contributed by atoms with E-state index in [4.69, 9.17) is 21.1 Å². The van der Waals surface area contributed by atoms with E-state index in [9.17, 15) is 0 Å². The van der Waals surface area contributed by atoms with Gasteiger partial charge in [0.2, 0.25) is 0 Å². The first-order chi connectivity index (χ1) is 8.58. The molecule has 0 saturated heterocycles. The summed E-state index contributed by atoms with van der Waals surface area (Å²) in [7, 11) is 3.26. The molecule has 102 valence electrons. The fraction of sp³-hybridized carbons (Fsp3) is 0.571. The lowest BCUT2D eigenvalue weighted by atomic mass is 10.1. The Balaban J connectivity index is 2.71. The van der Waals surface area contributed by atoms with Crippen LogP contribution in [0.25, 0.3) is 0 Å². The van der Waals surface area contributed by atoms with Gasteiger partial charge in [-0.2, -0.15) is 0 Å². The van der Waals surface area contributed by atoms with Gasteiger partial charge in [-0.15, -0.1) is 0 Å². The van der Waals surface area contributed by atoms with Crippen LogP contribution in [0.15, 0.2) is 12.1 Å². The van der Waals surface area contributed by atoms with Gasteiger partial charge in [0.1, 0.15) is 0 Å². The molecule has 1 aromatic rings. The summed E-state index contributed by atoms with van der Waals surface area (Å²) in [5, 5.41) is 4.05. The first-order valence-corrected chi connectivity index (χ1v) is 6.57. The molecule has 18 heavy (non-hydrogen) atoms. The van der Waals surface area contributed by atoms with Crippen molar-refractivity contribution in [2.75, 3.05) is 20.8 Å². The number of halogens is 1. The molecule has 1 N–H and O–H groups in total. The van der Waals surface area contributed by atoms with Gasteiger partial charge in [-0.3, -0.25) is 0 Å². The summed E-state index contributed by atoms with van der Waals surface area (Å²) in [5.74, 6) is 2.12. The lowest BCUT2D eigenvalue weighted by Gasteiger charge is -2.14. The predicted molar refractivity (Wildman–Crippen MR) is 75.7 cm³/mol. The third-order valence-electron chi connectivity index (χ3n) is 2.73. The van der Waals surface area contributed by atoms with E-state index in [0.29, 0.717) is 16.7 Å². The van der Waals surface area contributed by atoms with Crippen LogP contribution >= 0.6 is 11.6 Å². The SMILES string of the molecule is COc1cc(Cl)cc(CNCCC(C)C)c1OC. The van der Waals surface area contributed by atoms with Crippen LogP contribution in [0.1, 0.15) is 25.8 Å². The van der Waals surface area contributed by atoms with Crippen molar-refractivity contribution in [2.45, 2.75) is 26.8 Å². The minimum absolute atomic E-state index is 0.660. The topological polar surface area (TPSA) is 30.5 Å². The molecule has 1 aromatic carbocycles. The van der Waals surface area contributed by atoms with E-state index in [-0.39, 0.29) is 0 Å². The number of ether oxygens (including phenoxy) is 2. The minimum Gasteiger partial charge on any atom is -0.493 e. The van der Waals surface area contributed by atoms with E-state index in [2.05, 4.69) is 19.2 Å². The first kappa shape index (κ1) is 15.1. The van der Waals surface area contributed by atoms with Gasteiger partial charge < -0.3 is 14.8 Å². The summed E-state index contributed by atoms with van der Waals surface area (Å²) in [6.45, 7) is 6.14. The quantitative estimate of drug-likeness (QED) is 0.770. The molecule has 0 heterocycles. The molecule has 0 atom stereocenters. The molecule has 3 nitrogen and oxygen atoms in total. The first-order valence-electron chi connectivity index (χ1n) is 6.19. The van der Waals surface area contributed by atoms with Crippen molar-refractivity contribution < 1.29 is 9.47 Å². The van der Waals surface area contributed by atoms with Crippen LogP contribution in [0.2, 0.25) is 5.02 Å². The molecule has 0 aliphatic rings. The van der Waals surface area contributed by atoms with Crippen LogP contribution in [0.4, 0.5) is 0 Å². The molecule has 0 spiro atoms. The van der Waals surface area contributed by atoms with Crippen LogP contribution < -0.4 is 14.8 Å². The molecule has 1 rings (SSSR count). The van der Waals surface area contributed by atoms with Crippen molar-refractivity contribution in [2.24, 2.45) is 5.92 Å². The Bertz CT molecular complexity index is 380. The maximum atomic E-state index is 6.06. The molecule has 0 aliphatic carbocycles. The van der Waals surface area contributed by atoms with Crippen molar-refractivity contribution in [1.29, 1.82) is 0 Å². The van der Waals surface area contributed by atoms with Crippen LogP contribution in [0.3, 0.4) is 0 Å². The summed E-state index contributed by atoms with van der Waals surface area (Å²) in [4.78, 5) is 0. The average Bonchev–Trinajstić information content (AvgIpc) is 2.33. The van der Waals surface area contributed by atoms with Crippen LogP contribution in [-0.4, -0.2) is 20.8 Å². The third kappa shape index (κ3) is 4.39. The molecule has 0 bridgehead atoms. The molecule has 0 aliphatic heterocycles. The molecule has 0 amide bonds. The molecule has 0 unspecified atom stereocenters. The van der Waals surface area contributed by atoms with E-state index in [0.717, 1.165) is 30.8 Å². The predicted octanol–water partition coefficient (Wildman–Crippen LogP) is 3.49. The maximum absolute atomic E-state index is 6.06. The fourth-order valence-corrected chi connectivity index (χ4v) is 1.98. The van der Waals surface area contributed by atoms with Crippen LogP contribution in [0.5, 0.6) is 11.5 Å². The molecule has 0 radical (unpaired) electrons. The summed E-state index contributed by atoms with van der Waals surface area (Å²) >= 11 is 6.06. The highest BCUT2D eigenvalue weighted by atomic mass is 35.5. The number of benzene rings is 1. The van der Waals surface area contributed by atoms with Gasteiger partial charge >= 0.3 is 0 Å². The lowest BCUT2D eigenvalue weighted by molar-refractivity contribution is 0.350. The fourth-order valence-electron chi connectivity index (χ4n) is 1.75. The van der Waals surface area contributed by atoms with Crippen LogP contribution in [-0.2, 0) is 6.54 Å². The summed E-state index contributed by atoms with van der Waals surface area (Å²) in [6, 6.07) is 3.67. The highest BCUT2D eigenvalue weighted by Crippen LogP contribution is 2.34. The lowest BCUT2D eigenvalue weighted by Crippen LogP contribution is -2.17. The second kappa shape index (κ2) is 7.49. The van der Waals surface area contributed by atoms with Crippen molar-refractivity contribution in [3.63, 3.8) is 0 Å². The Morgan fingerprint density at radius 1 is 1.22 bits per heavy atom. The maximum Gasteiger partial charge on any atom is 0.165 e. The largest absolute Gasteiger partial charge is 0.493 e. The van der Waals surface area contributed by atoms with E-state index >= 15 is 0 Å². The zero-order chi connectivity index (χ0) is 13.5. The second-order valence-corrected chi connectivity index (χ2v) is 5.10. The van der Waals surface area contributed by atoms with Gasteiger partial charge in [-0.25, -0.2) is 0 Å². The van der Waals surface area contributed by atoms with Crippen molar-refractivity contribution in [3.05, 3.63) is 22.7 Å². The van der Waals surface area contributed by atoms with E-state index in [1.807, 2.05) is 6.07 Å². The Labute approximate surface area is 114 Å². The van der Waals surface area contributed by atoms with Gasteiger partial charge in [0.05, 0.1) is 14.2 Å². The zero-order valence-corrected chi connectivity index (χ0v) is 12.3. The molecule has 4 heteroatoms. The Morgan fingerprint density at radius 3 is 2.50 bits per heavy atom. The molecule has 0 aromatic heterocycles. The normalized spacial score (nSPS) is 10.8. The Hall–Kier alpha value is -0.930. The number of hydrogen-bond donors (Lipinski definition) is 1. The number of rotatable bonds is 7. The monoisotopic (exact) mass is 271 g/mol. The minimum atomic E-state index is 0.660. The number of hydrogen-bond acceptors (Lipinski definition) is 3. The van der Waals surface area contributed by atoms with E-state index < -0.39 is 0 Å². The standard InChI is InChI=1S/C14H22ClNO2/c1-10(2)5-6-16-9-11-7-12(15)8-13(17-3)14(11)18-4/h7-8,10,16H,5-6,9H2,1-4H3. The number of methoxy groups -OCH3 is 2. The molecular weight excluding hydrogens is 250 g/mol. The second-order valence-electron chi connectivity index (χ2n) is 4.66. The summed E-state index contributed by atoms with van der Waals surface area (Å²) in [5.41, 5.74) is 1.02. The Morgan fingerprint density at radius 2 is 1.94 bits per heavy atom.